The molecule has 0 fully saturated rings. The summed E-state index contributed by atoms with van der Waals surface area (Å²) in [5.74, 6) is -2.59. The molecule has 0 saturated carbocycles. The van der Waals surface area contributed by atoms with Crippen molar-refractivity contribution in [2.45, 2.75) is 24.9 Å². The summed E-state index contributed by atoms with van der Waals surface area (Å²) in [6, 6.07) is 5.03. The maximum atomic E-state index is 12.3. The summed E-state index contributed by atoms with van der Waals surface area (Å²) in [5, 5.41) is 26.6. The molecule has 1 amide bonds. The number of aromatic amines is 1. The number of benzene rings is 1. The molecule has 1 aliphatic heterocycles. The number of hydrogen-bond donors (Lipinski definition) is 7. The van der Waals surface area contributed by atoms with Crippen molar-refractivity contribution in [3.05, 3.63) is 40.2 Å². The molecular formula is C20H25CaN7O6+2. The van der Waals surface area contributed by atoms with Crippen molar-refractivity contribution in [1.82, 2.24) is 15.3 Å². The quantitative estimate of drug-likeness (QED) is 0.216. The topological polar surface area (TPSA) is 203 Å². The first-order chi connectivity index (χ1) is 15.7. The number of nitrogens with two attached hydrogens (primary N) is 1. The van der Waals surface area contributed by atoms with Gasteiger partial charge < -0.3 is 36.8 Å². The summed E-state index contributed by atoms with van der Waals surface area (Å²) >= 11 is 0. The van der Waals surface area contributed by atoms with E-state index in [0.29, 0.717) is 24.6 Å². The monoisotopic (exact) mass is 499 g/mol. The van der Waals surface area contributed by atoms with Crippen LogP contribution in [0.1, 0.15) is 23.2 Å². The third-order valence-electron chi connectivity index (χ3n) is 5.26. The molecule has 0 spiro atoms. The van der Waals surface area contributed by atoms with Gasteiger partial charge in [0.2, 0.25) is 5.95 Å². The number of nitrogens with one attached hydrogen (secondary N) is 4. The van der Waals surface area contributed by atoms with Crippen LogP contribution < -0.4 is 32.1 Å². The predicted molar refractivity (Wildman–Crippen MR) is 126 cm³/mol. The van der Waals surface area contributed by atoms with E-state index >= 15 is 0 Å². The van der Waals surface area contributed by atoms with Gasteiger partial charge in [0, 0.05) is 37.8 Å². The minimum Gasteiger partial charge on any atom is -0.481 e. The minimum atomic E-state index is -1.30. The standard InChI is InChI=1S/C20H25N7O6.Ca/c1-27-12(9-23-16-15(27)18(31)26-20(21)25-16)8-22-11-4-2-10(3-5-11)17(30)24-13(19(32)33)6-7-14(28)29;/h2-5,12-13,22H,6-9H2,1H3,(H,24,30)(H,28,29)(H,32,33)(H4,21,23,25,26,31);/q;+2. The van der Waals surface area contributed by atoms with Crippen LogP contribution in [-0.4, -0.2) is 108 Å². The van der Waals surface area contributed by atoms with Gasteiger partial charge in [-0.05, 0) is 30.7 Å². The van der Waals surface area contributed by atoms with Crippen molar-refractivity contribution in [3.63, 3.8) is 0 Å². The van der Waals surface area contributed by atoms with Gasteiger partial charge in [-0.25, -0.2) is 4.79 Å². The Bertz CT molecular complexity index is 1110. The van der Waals surface area contributed by atoms with Crippen molar-refractivity contribution in [1.29, 1.82) is 0 Å². The number of nitrogens with zero attached hydrogens (tertiary/aromatic N) is 2. The molecule has 13 nitrogen and oxygen atoms in total. The molecule has 8 N–H and O–H groups in total. The average Bonchev–Trinajstić information content (AvgIpc) is 2.75. The van der Waals surface area contributed by atoms with Gasteiger partial charge in [0.1, 0.15) is 11.7 Å². The van der Waals surface area contributed by atoms with Crippen LogP contribution in [-0.2, 0) is 9.59 Å². The summed E-state index contributed by atoms with van der Waals surface area (Å²) in [6.45, 7) is 1.01. The normalized spacial score (nSPS) is 15.2. The number of carbonyl (C=O) groups excluding carboxylic acids is 1. The number of rotatable bonds is 9. The van der Waals surface area contributed by atoms with Gasteiger partial charge in [0.15, 0.2) is 5.82 Å². The second kappa shape index (κ2) is 11.9. The van der Waals surface area contributed by atoms with E-state index < -0.39 is 23.9 Å². The van der Waals surface area contributed by atoms with Crippen LogP contribution in [0.5, 0.6) is 0 Å². The summed E-state index contributed by atoms with van der Waals surface area (Å²) < 4.78 is 0. The van der Waals surface area contributed by atoms with Crippen LogP contribution >= 0.6 is 0 Å². The number of likely N-dealkylation sites (N-methyl/N-ethyl adjacent to an activating group) is 1. The van der Waals surface area contributed by atoms with E-state index in [9.17, 15) is 24.3 Å². The summed E-state index contributed by atoms with van der Waals surface area (Å²) in [5.41, 5.74) is 6.59. The van der Waals surface area contributed by atoms with E-state index in [1.54, 1.807) is 19.2 Å². The maximum Gasteiger partial charge on any atom is 2.00 e. The number of aliphatic carboxylic acids is 2. The second-order valence-electron chi connectivity index (χ2n) is 7.55. The Kier molecular flexibility index (Phi) is 9.53. The molecule has 1 aromatic heterocycles. The number of hydrogen-bond acceptors (Lipinski definition) is 9. The number of fused-ring (bicyclic) bond motifs is 1. The molecule has 14 heteroatoms. The number of carboxylic acids is 2. The van der Waals surface area contributed by atoms with E-state index in [-0.39, 0.29) is 73.7 Å². The average molecular weight is 500 g/mol. The number of carbonyl (C=O) groups is 3. The Balaban J connectivity index is 0.00000408. The van der Waals surface area contributed by atoms with E-state index in [4.69, 9.17) is 10.8 Å². The number of amides is 1. The third-order valence-corrected chi connectivity index (χ3v) is 5.26. The molecule has 1 aromatic carbocycles. The second-order valence-corrected chi connectivity index (χ2v) is 7.55. The number of H-pyrrole nitrogens is 1. The van der Waals surface area contributed by atoms with Crippen LogP contribution in [0.25, 0.3) is 0 Å². The molecular weight excluding hydrogens is 474 g/mol. The number of nitrogen functional groups attached to an aromatic ring is 1. The Morgan fingerprint density at radius 3 is 2.56 bits per heavy atom. The van der Waals surface area contributed by atoms with E-state index in [2.05, 4.69) is 25.9 Å². The smallest absolute Gasteiger partial charge is 0.481 e. The van der Waals surface area contributed by atoms with Crippen molar-refractivity contribution in [2.75, 3.05) is 41.4 Å². The van der Waals surface area contributed by atoms with Gasteiger partial charge in [-0.15, -0.1) is 0 Å². The SMILES string of the molecule is CN1c2c(nc(N)[nH]c2=O)NCC1CNc1ccc(C(=O)NC(CCC(=O)O)C(=O)O)cc1.[Ca+2]. The molecule has 3 rings (SSSR count). The van der Waals surface area contributed by atoms with Crippen molar-refractivity contribution in [3.8, 4) is 0 Å². The van der Waals surface area contributed by atoms with Gasteiger partial charge in [-0.2, -0.15) is 4.98 Å². The van der Waals surface area contributed by atoms with Crippen LogP contribution in [0.2, 0.25) is 0 Å². The Hall–Kier alpha value is -3.03. The molecule has 0 aliphatic carbocycles. The molecule has 2 heterocycles. The zero-order valence-electron chi connectivity index (χ0n) is 18.5. The van der Waals surface area contributed by atoms with Crippen molar-refractivity contribution >= 4 is 78.7 Å². The fraction of sp³-hybridized carbons (Fsp3) is 0.350. The van der Waals surface area contributed by atoms with Crippen molar-refractivity contribution < 1.29 is 24.6 Å². The maximum absolute atomic E-state index is 12.3. The molecule has 1 aliphatic rings. The molecule has 2 aromatic rings. The Morgan fingerprint density at radius 1 is 1.26 bits per heavy atom. The summed E-state index contributed by atoms with van der Waals surface area (Å²) in [7, 11) is 1.79. The van der Waals surface area contributed by atoms with Gasteiger partial charge >= 0.3 is 49.7 Å². The first-order valence-electron chi connectivity index (χ1n) is 10.1. The van der Waals surface area contributed by atoms with Crippen LogP contribution in [0.15, 0.2) is 29.1 Å². The first kappa shape index (κ1) is 27.2. The van der Waals surface area contributed by atoms with Crippen molar-refractivity contribution in [2.24, 2.45) is 0 Å². The van der Waals surface area contributed by atoms with E-state index in [0.717, 1.165) is 5.69 Å². The first-order valence-corrected chi connectivity index (χ1v) is 10.1. The summed E-state index contributed by atoms with van der Waals surface area (Å²) in [6.07, 6.45) is -0.586. The fourth-order valence-electron chi connectivity index (χ4n) is 3.42. The number of carboxylic acid groups (broad SMARTS) is 2. The molecule has 0 bridgehead atoms. The number of aromatic nitrogens is 2. The van der Waals surface area contributed by atoms with Gasteiger partial charge in [0.05, 0.1) is 6.04 Å². The molecule has 0 radical (unpaired) electrons. The van der Waals surface area contributed by atoms with Gasteiger partial charge in [-0.1, -0.05) is 0 Å². The zero-order chi connectivity index (χ0) is 24.1. The van der Waals surface area contributed by atoms with Gasteiger partial charge in [0.25, 0.3) is 11.5 Å². The van der Waals surface area contributed by atoms with Crippen LogP contribution in [0, 0.1) is 0 Å². The minimum absolute atomic E-state index is 0. The summed E-state index contributed by atoms with van der Waals surface area (Å²) in [4.78, 5) is 54.9. The van der Waals surface area contributed by atoms with Gasteiger partial charge in [-0.3, -0.25) is 19.4 Å². The van der Waals surface area contributed by atoms with Crippen LogP contribution in [0.3, 0.4) is 0 Å². The van der Waals surface area contributed by atoms with E-state index in [1.165, 1.54) is 12.1 Å². The molecule has 2 unspecified atom stereocenters. The zero-order valence-corrected chi connectivity index (χ0v) is 20.7. The Morgan fingerprint density at radius 2 is 1.94 bits per heavy atom. The van der Waals surface area contributed by atoms with E-state index in [1.807, 2.05) is 4.90 Å². The molecule has 0 saturated heterocycles. The van der Waals surface area contributed by atoms with Crippen LogP contribution in [0.4, 0.5) is 23.1 Å². The molecule has 34 heavy (non-hydrogen) atoms. The Labute approximate surface area is 224 Å². The largest absolute Gasteiger partial charge is 2.00 e. The number of anilines is 4. The third kappa shape index (κ3) is 6.74. The predicted octanol–water partition coefficient (Wildman–Crippen LogP) is -0.638. The molecule has 2 atom stereocenters. The fourth-order valence-corrected chi connectivity index (χ4v) is 3.42. The molecule has 176 valence electrons.